The van der Waals surface area contributed by atoms with E-state index in [1.54, 1.807) is 0 Å². The Morgan fingerprint density at radius 2 is 1.89 bits per heavy atom. The number of nitrogens with one attached hydrogen (secondary N) is 2. The quantitative estimate of drug-likeness (QED) is 0.679. The lowest BCUT2D eigenvalue weighted by molar-refractivity contribution is -0.121. The van der Waals surface area contributed by atoms with E-state index in [1.165, 1.54) is 0 Å². The lowest BCUT2D eigenvalue weighted by Gasteiger charge is -2.06. The van der Waals surface area contributed by atoms with Gasteiger partial charge in [0.15, 0.2) is 0 Å². The number of aldehydes is 1. The van der Waals surface area contributed by atoms with Gasteiger partial charge in [-0.25, -0.2) is 17.5 Å². The summed E-state index contributed by atoms with van der Waals surface area (Å²) in [6, 6.07) is 4.17. The highest BCUT2D eigenvalue weighted by atomic mass is 32.2. The van der Waals surface area contributed by atoms with E-state index in [0.717, 1.165) is 24.3 Å². The summed E-state index contributed by atoms with van der Waals surface area (Å²) in [5, 5.41) is 2.17. The number of rotatable bonds is 6. The van der Waals surface area contributed by atoms with Gasteiger partial charge in [-0.05, 0) is 24.3 Å². The van der Waals surface area contributed by atoms with E-state index < -0.39 is 28.3 Å². The molecule has 0 heterocycles. The van der Waals surface area contributed by atoms with Crippen LogP contribution in [0, 0.1) is 5.82 Å². The summed E-state index contributed by atoms with van der Waals surface area (Å²) in [5.41, 5.74) is 0. The highest BCUT2D eigenvalue weighted by Gasteiger charge is 2.15. The molecule has 6 nitrogen and oxygen atoms in total. The molecule has 1 amide bonds. The van der Waals surface area contributed by atoms with Gasteiger partial charge in [-0.2, -0.15) is 0 Å². The van der Waals surface area contributed by atoms with E-state index in [2.05, 4.69) is 5.32 Å². The molecular weight excluding hydrogens is 263 g/mol. The Balaban J connectivity index is 2.62. The number of amides is 1. The molecule has 0 aliphatic heterocycles. The van der Waals surface area contributed by atoms with Gasteiger partial charge in [0.05, 0.1) is 18.0 Å². The Labute approximate surface area is 103 Å². The van der Waals surface area contributed by atoms with Crippen LogP contribution in [0.4, 0.5) is 4.39 Å². The van der Waals surface area contributed by atoms with Crippen molar-refractivity contribution in [3.63, 3.8) is 0 Å². The normalized spacial score (nSPS) is 10.9. The van der Waals surface area contributed by atoms with Crippen LogP contribution in [0.25, 0.3) is 0 Å². The second-order valence-electron chi connectivity index (χ2n) is 3.25. The summed E-state index contributed by atoms with van der Waals surface area (Å²) in [6.07, 6.45) is 0.479. The van der Waals surface area contributed by atoms with E-state index in [9.17, 15) is 22.4 Å². The fourth-order valence-electron chi connectivity index (χ4n) is 1.08. The molecule has 0 aliphatic rings. The smallest absolute Gasteiger partial charge is 0.241 e. The second-order valence-corrected chi connectivity index (χ2v) is 5.02. The monoisotopic (exact) mass is 274 g/mol. The van der Waals surface area contributed by atoms with E-state index in [0.29, 0.717) is 6.29 Å². The van der Waals surface area contributed by atoms with Gasteiger partial charge in [0, 0.05) is 0 Å². The maximum atomic E-state index is 12.6. The molecule has 1 aromatic carbocycles. The number of hydrogen-bond donors (Lipinski definition) is 2. The largest absolute Gasteiger partial charge is 0.348 e. The lowest BCUT2D eigenvalue weighted by Crippen LogP contribution is -2.37. The third-order valence-corrected chi connectivity index (χ3v) is 3.35. The summed E-state index contributed by atoms with van der Waals surface area (Å²) in [5.74, 6) is -1.19. The van der Waals surface area contributed by atoms with Gasteiger partial charge in [0.2, 0.25) is 15.9 Å². The molecule has 0 bridgehead atoms. The van der Waals surface area contributed by atoms with Crippen molar-refractivity contribution in [3.8, 4) is 0 Å². The average molecular weight is 274 g/mol. The number of carbonyl (C=O) groups is 2. The highest BCUT2D eigenvalue weighted by molar-refractivity contribution is 7.89. The number of carbonyl (C=O) groups excluding carboxylic acids is 2. The van der Waals surface area contributed by atoms with Crippen molar-refractivity contribution in [2.24, 2.45) is 0 Å². The number of benzene rings is 1. The molecule has 0 saturated carbocycles. The third-order valence-electron chi connectivity index (χ3n) is 1.93. The molecule has 0 saturated heterocycles. The Bertz CT molecular complexity index is 527. The molecule has 2 N–H and O–H groups in total. The van der Waals surface area contributed by atoms with Crippen molar-refractivity contribution >= 4 is 22.2 Å². The molecular formula is C10H11FN2O4S. The molecule has 0 fully saturated rings. The molecule has 8 heteroatoms. The molecule has 1 rings (SSSR count). The van der Waals surface area contributed by atoms with E-state index in [4.69, 9.17) is 0 Å². The SMILES string of the molecule is O=CCNC(=O)CNS(=O)(=O)c1ccc(F)cc1. The van der Waals surface area contributed by atoms with Crippen LogP contribution in [0.5, 0.6) is 0 Å². The Morgan fingerprint density at radius 1 is 1.28 bits per heavy atom. The van der Waals surface area contributed by atoms with Crippen molar-refractivity contribution in [1.82, 2.24) is 10.0 Å². The van der Waals surface area contributed by atoms with Crippen LogP contribution < -0.4 is 10.0 Å². The average Bonchev–Trinajstić information content (AvgIpc) is 2.34. The second kappa shape index (κ2) is 6.22. The van der Waals surface area contributed by atoms with Crippen molar-refractivity contribution in [3.05, 3.63) is 30.1 Å². The molecule has 98 valence electrons. The minimum absolute atomic E-state index is 0.146. The van der Waals surface area contributed by atoms with Crippen LogP contribution in [0.1, 0.15) is 0 Å². The van der Waals surface area contributed by atoms with Crippen LogP contribution >= 0.6 is 0 Å². The third kappa shape index (κ3) is 4.22. The summed E-state index contributed by atoms with van der Waals surface area (Å²) >= 11 is 0. The van der Waals surface area contributed by atoms with Crippen LogP contribution in [0.15, 0.2) is 29.2 Å². The maximum Gasteiger partial charge on any atom is 0.241 e. The van der Waals surface area contributed by atoms with Gasteiger partial charge in [0.1, 0.15) is 12.1 Å². The minimum Gasteiger partial charge on any atom is -0.348 e. The molecule has 0 unspecified atom stereocenters. The van der Waals surface area contributed by atoms with Crippen molar-refractivity contribution < 1.29 is 22.4 Å². The number of halogens is 1. The zero-order chi connectivity index (χ0) is 13.6. The molecule has 0 radical (unpaired) electrons. The van der Waals surface area contributed by atoms with Gasteiger partial charge in [-0.1, -0.05) is 0 Å². The van der Waals surface area contributed by atoms with Gasteiger partial charge in [-0.3, -0.25) is 4.79 Å². The van der Waals surface area contributed by atoms with Crippen molar-refractivity contribution in [1.29, 1.82) is 0 Å². The Hall–Kier alpha value is -1.80. The number of sulfonamides is 1. The summed E-state index contributed by atoms with van der Waals surface area (Å²) < 4.78 is 37.9. The van der Waals surface area contributed by atoms with Gasteiger partial charge >= 0.3 is 0 Å². The summed E-state index contributed by atoms with van der Waals surface area (Å²) in [6.45, 7) is -0.676. The van der Waals surface area contributed by atoms with Crippen LogP contribution in [-0.4, -0.2) is 33.7 Å². The fourth-order valence-corrected chi connectivity index (χ4v) is 2.06. The maximum absolute atomic E-state index is 12.6. The predicted octanol–water partition coefficient (Wildman–Crippen LogP) is -0.581. The first-order chi connectivity index (χ1) is 8.45. The van der Waals surface area contributed by atoms with E-state index in [-0.39, 0.29) is 11.4 Å². The van der Waals surface area contributed by atoms with Crippen LogP contribution in [0.3, 0.4) is 0 Å². The standard InChI is InChI=1S/C10H11FN2O4S/c11-8-1-3-9(4-2-8)18(16,17)13-7-10(15)12-5-6-14/h1-4,6,13H,5,7H2,(H,12,15). The lowest BCUT2D eigenvalue weighted by atomic mass is 10.4. The summed E-state index contributed by atoms with van der Waals surface area (Å²) in [7, 11) is -3.86. The first-order valence-corrected chi connectivity index (χ1v) is 6.39. The van der Waals surface area contributed by atoms with Crippen molar-refractivity contribution in [2.75, 3.05) is 13.1 Å². The topological polar surface area (TPSA) is 92.3 Å². The number of hydrogen-bond acceptors (Lipinski definition) is 4. The molecule has 0 spiro atoms. The first kappa shape index (κ1) is 14.3. The Kier molecular flexibility index (Phi) is 4.93. The molecule has 0 atom stereocenters. The highest BCUT2D eigenvalue weighted by Crippen LogP contribution is 2.08. The Morgan fingerprint density at radius 3 is 2.44 bits per heavy atom. The zero-order valence-corrected chi connectivity index (χ0v) is 10.0. The first-order valence-electron chi connectivity index (χ1n) is 4.91. The van der Waals surface area contributed by atoms with Crippen LogP contribution in [-0.2, 0) is 19.6 Å². The van der Waals surface area contributed by atoms with Gasteiger partial charge < -0.3 is 10.1 Å². The predicted molar refractivity (Wildman–Crippen MR) is 60.7 cm³/mol. The molecule has 1 aromatic rings. The molecule has 0 aliphatic carbocycles. The molecule has 18 heavy (non-hydrogen) atoms. The van der Waals surface area contributed by atoms with Gasteiger partial charge in [0.25, 0.3) is 0 Å². The van der Waals surface area contributed by atoms with Crippen molar-refractivity contribution in [2.45, 2.75) is 4.90 Å². The fraction of sp³-hybridized carbons (Fsp3) is 0.200. The van der Waals surface area contributed by atoms with E-state index >= 15 is 0 Å². The molecule has 0 aromatic heterocycles. The summed E-state index contributed by atoms with van der Waals surface area (Å²) in [4.78, 5) is 20.9. The van der Waals surface area contributed by atoms with E-state index in [1.807, 2.05) is 4.72 Å². The van der Waals surface area contributed by atoms with Crippen LogP contribution in [0.2, 0.25) is 0 Å². The minimum atomic E-state index is -3.86. The zero-order valence-electron chi connectivity index (χ0n) is 9.22. The van der Waals surface area contributed by atoms with Gasteiger partial charge in [-0.15, -0.1) is 0 Å².